The van der Waals surface area contributed by atoms with Crippen LogP contribution in [0.5, 0.6) is 0 Å². The third kappa shape index (κ3) is 6.30. The largest absolute Gasteiger partial charge is 0.357 e. The first-order valence-corrected chi connectivity index (χ1v) is 10.9. The number of nitrogens with zero attached hydrogens (tertiary/aromatic N) is 2. The zero-order valence-electron chi connectivity index (χ0n) is 14.6. The lowest BCUT2D eigenvalue weighted by molar-refractivity contribution is -0.130. The summed E-state index contributed by atoms with van der Waals surface area (Å²) >= 11 is 0. The monoisotopic (exact) mass is 358 g/mol. The molecule has 0 aromatic heterocycles. The lowest BCUT2D eigenvalue weighted by atomic mass is 10.2. The fourth-order valence-electron chi connectivity index (χ4n) is 3.15. The Bertz CT molecular complexity index is 548. The summed E-state index contributed by atoms with van der Waals surface area (Å²) in [6, 6.07) is -0.0556. The van der Waals surface area contributed by atoms with Gasteiger partial charge in [-0.3, -0.25) is 9.79 Å². The van der Waals surface area contributed by atoms with Gasteiger partial charge in [0.2, 0.25) is 5.91 Å². The summed E-state index contributed by atoms with van der Waals surface area (Å²) in [5.74, 6) is 1.36. The van der Waals surface area contributed by atoms with Crippen molar-refractivity contribution in [3.63, 3.8) is 0 Å². The Morgan fingerprint density at radius 3 is 2.88 bits per heavy atom. The van der Waals surface area contributed by atoms with Gasteiger partial charge < -0.3 is 15.5 Å². The number of hydrogen-bond donors (Lipinski definition) is 2. The Morgan fingerprint density at radius 1 is 1.33 bits per heavy atom. The van der Waals surface area contributed by atoms with Gasteiger partial charge in [0.25, 0.3) is 0 Å². The molecule has 0 aliphatic carbocycles. The Labute approximate surface area is 145 Å². The number of amides is 1. The molecule has 1 unspecified atom stereocenters. The van der Waals surface area contributed by atoms with Gasteiger partial charge in [-0.15, -0.1) is 0 Å². The molecule has 2 N–H and O–H groups in total. The minimum absolute atomic E-state index is 0.0556. The molecule has 2 rings (SSSR count). The number of sulfone groups is 1. The molecule has 0 spiro atoms. The SMILES string of the molecule is CCNC(=NCCCN1CCCCCC1=O)NC1CCS(=O)(=O)C1. The molecule has 24 heavy (non-hydrogen) atoms. The minimum Gasteiger partial charge on any atom is -0.357 e. The van der Waals surface area contributed by atoms with E-state index in [1.165, 1.54) is 0 Å². The number of carbonyl (C=O) groups is 1. The fraction of sp³-hybridized carbons (Fsp3) is 0.875. The van der Waals surface area contributed by atoms with Crippen LogP contribution in [0, 0.1) is 0 Å². The van der Waals surface area contributed by atoms with Crippen molar-refractivity contribution in [1.82, 2.24) is 15.5 Å². The normalized spacial score (nSPS) is 24.7. The van der Waals surface area contributed by atoms with Crippen molar-refractivity contribution >= 4 is 21.7 Å². The zero-order valence-corrected chi connectivity index (χ0v) is 15.4. The number of aliphatic imine (C=N–C) groups is 1. The average molecular weight is 359 g/mol. The number of nitrogens with one attached hydrogen (secondary N) is 2. The van der Waals surface area contributed by atoms with Crippen molar-refractivity contribution in [2.45, 2.75) is 51.5 Å². The summed E-state index contributed by atoms with van der Waals surface area (Å²) in [6.07, 6.45) is 5.37. The van der Waals surface area contributed by atoms with Gasteiger partial charge in [-0.05, 0) is 32.6 Å². The van der Waals surface area contributed by atoms with Crippen molar-refractivity contribution in [3.8, 4) is 0 Å². The molecule has 1 amide bonds. The van der Waals surface area contributed by atoms with Gasteiger partial charge in [-0.25, -0.2) is 8.42 Å². The number of hydrogen-bond acceptors (Lipinski definition) is 4. The highest BCUT2D eigenvalue weighted by molar-refractivity contribution is 7.91. The van der Waals surface area contributed by atoms with Crippen molar-refractivity contribution in [2.24, 2.45) is 4.99 Å². The van der Waals surface area contributed by atoms with E-state index in [1.807, 2.05) is 11.8 Å². The van der Waals surface area contributed by atoms with Crippen molar-refractivity contribution in [2.75, 3.05) is 37.7 Å². The first-order valence-electron chi connectivity index (χ1n) is 9.03. The molecule has 2 fully saturated rings. The van der Waals surface area contributed by atoms with Crippen molar-refractivity contribution < 1.29 is 13.2 Å². The Balaban J connectivity index is 1.77. The molecule has 0 aromatic carbocycles. The highest BCUT2D eigenvalue weighted by Gasteiger charge is 2.28. The molecule has 2 heterocycles. The van der Waals surface area contributed by atoms with Crippen LogP contribution < -0.4 is 10.6 Å². The smallest absolute Gasteiger partial charge is 0.222 e. The van der Waals surface area contributed by atoms with Crippen LogP contribution in [0.4, 0.5) is 0 Å². The Hall–Kier alpha value is -1.31. The van der Waals surface area contributed by atoms with Gasteiger partial charge in [0, 0.05) is 38.6 Å². The highest BCUT2D eigenvalue weighted by Crippen LogP contribution is 2.12. The van der Waals surface area contributed by atoms with Gasteiger partial charge in [0.15, 0.2) is 15.8 Å². The van der Waals surface area contributed by atoms with E-state index in [4.69, 9.17) is 0 Å². The zero-order chi connectivity index (χ0) is 17.4. The maximum Gasteiger partial charge on any atom is 0.222 e. The van der Waals surface area contributed by atoms with E-state index in [9.17, 15) is 13.2 Å². The number of rotatable bonds is 6. The van der Waals surface area contributed by atoms with Crippen LogP contribution in [0.25, 0.3) is 0 Å². The molecular weight excluding hydrogens is 328 g/mol. The van der Waals surface area contributed by atoms with Gasteiger partial charge in [0.05, 0.1) is 11.5 Å². The van der Waals surface area contributed by atoms with Gasteiger partial charge in [-0.2, -0.15) is 0 Å². The third-order valence-corrected chi connectivity index (χ3v) is 6.21. The second kappa shape index (κ2) is 9.25. The standard InChI is InChI=1S/C16H30N4O3S/c1-2-17-16(19-14-8-12-24(22,23)13-14)18-9-6-11-20-10-5-3-4-7-15(20)21/h14H,2-13H2,1H3,(H2,17,18,19). The Kier molecular flexibility index (Phi) is 7.33. The molecular formula is C16H30N4O3S. The lowest BCUT2D eigenvalue weighted by Gasteiger charge is -2.20. The summed E-state index contributed by atoms with van der Waals surface area (Å²) in [6.45, 7) is 4.95. The van der Waals surface area contributed by atoms with Gasteiger partial charge >= 0.3 is 0 Å². The maximum atomic E-state index is 11.9. The van der Waals surface area contributed by atoms with Crippen LogP contribution in [0.2, 0.25) is 0 Å². The number of likely N-dealkylation sites (tertiary alicyclic amines) is 1. The molecule has 0 saturated carbocycles. The lowest BCUT2D eigenvalue weighted by Crippen LogP contribution is -2.44. The molecule has 2 saturated heterocycles. The van der Waals surface area contributed by atoms with Crippen LogP contribution in [-0.4, -0.2) is 68.9 Å². The number of carbonyl (C=O) groups excluding carboxylic acids is 1. The molecule has 8 heteroatoms. The molecule has 2 aliphatic rings. The van der Waals surface area contributed by atoms with Crippen LogP contribution >= 0.6 is 0 Å². The summed E-state index contributed by atoms with van der Waals surface area (Å²) in [5.41, 5.74) is 0. The molecule has 0 aromatic rings. The maximum absolute atomic E-state index is 11.9. The van der Waals surface area contributed by atoms with Gasteiger partial charge in [-0.1, -0.05) is 6.42 Å². The highest BCUT2D eigenvalue weighted by atomic mass is 32.2. The van der Waals surface area contributed by atoms with E-state index < -0.39 is 9.84 Å². The fourth-order valence-corrected chi connectivity index (χ4v) is 4.82. The first-order chi connectivity index (χ1) is 11.5. The third-order valence-electron chi connectivity index (χ3n) is 4.44. The van der Waals surface area contributed by atoms with E-state index in [1.54, 1.807) is 0 Å². The molecule has 1 atom stereocenters. The van der Waals surface area contributed by atoms with Gasteiger partial charge in [0.1, 0.15) is 0 Å². The predicted octanol–water partition coefficient (Wildman–Crippen LogP) is 0.521. The van der Waals surface area contributed by atoms with Crippen LogP contribution in [0.1, 0.15) is 45.4 Å². The molecule has 2 aliphatic heterocycles. The van der Waals surface area contributed by atoms with Crippen LogP contribution in [-0.2, 0) is 14.6 Å². The average Bonchev–Trinajstić information content (AvgIpc) is 2.74. The topological polar surface area (TPSA) is 90.9 Å². The van der Waals surface area contributed by atoms with Crippen molar-refractivity contribution in [1.29, 1.82) is 0 Å². The molecule has 0 bridgehead atoms. The predicted molar refractivity (Wildman–Crippen MR) is 95.8 cm³/mol. The number of guanidine groups is 1. The summed E-state index contributed by atoms with van der Waals surface area (Å²) < 4.78 is 23.1. The van der Waals surface area contributed by atoms with E-state index in [-0.39, 0.29) is 23.5 Å². The molecule has 0 radical (unpaired) electrons. The van der Waals surface area contributed by atoms with E-state index >= 15 is 0 Å². The summed E-state index contributed by atoms with van der Waals surface area (Å²) in [7, 11) is -2.89. The second-order valence-corrected chi connectivity index (χ2v) is 8.78. The molecule has 7 nitrogen and oxygen atoms in total. The van der Waals surface area contributed by atoms with E-state index in [2.05, 4.69) is 15.6 Å². The van der Waals surface area contributed by atoms with E-state index in [0.29, 0.717) is 25.3 Å². The summed E-state index contributed by atoms with van der Waals surface area (Å²) in [4.78, 5) is 18.4. The van der Waals surface area contributed by atoms with Crippen LogP contribution in [0.3, 0.4) is 0 Å². The van der Waals surface area contributed by atoms with Crippen molar-refractivity contribution in [3.05, 3.63) is 0 Å². The second-order valence-electron chi connectivity index (χ2n) is 6.55. The van der Waals surface area contributed by atoms with Crippen LogP contribution in [0.15, 0.2) is 4.99 Å². The minimum atomic E-state index is -2.89. The van der Waals surface area contributed by atoms with E-state index in [0.717, 1.165) is 45.3 Å². The molecule has 138 valence electrons. The first kappa shape index (κ1) is 19.0. The quantitative estimate of drug-likeness (QED) is 0.410. The Morgan fingerprint density at radius 2 is 2.17 bits per heavy atom. The summed E-state index contributed by atoms with van der Waals surface area (Å²) in [5, 5.41) is 6.37.